The van der Waals surface area contributed by atoms with Crippen molar-refractivity contribution in [1.82, 2.24) is 8.61 Å². The molecule has 0 aliphatic carbocycles. The Morgan fingerprint density at radius 1 is 0.864 bits per heavy atom. The van der Waals surface area contributed by atoms with E-state index >= 15 is 0 Å². The van der Waals surface area contributed by atoms with Crippen LogP contribution in [0.3, 0.4) is 0 Å². The van der Waals surface area contributed by atoms with Gasteiger partial charge in [0.2, 0.25) is 26.0 Å². The van der Waals surface area contributed by atoms with E-state index < -0.39 is 38.7 Å². The molecule has 312 valence electrons. The second-order valence-electron chi connectivity index (χ2n) is 15.6. The van der Waals surface area contributed by atoms with Gasteiger partial charge < -0.3 is 19.9 Å². The van der Waals surface area contributed by atoms with Crippen LogP contribution in [0, 0.1) is 5.92 Å². The summed E-state index contributed by atoms with van der Waals surface area (Å²) in [4.78, 5) is 23.5. The van der Waals surface area contributed by atoms with Gasteiger partial charge in [-0.3, -0.25) is 4.79 Å². The maximum atomic E-state index is 14.3. The average molecular weight is 842 g/mol. The summed E-state index contributed by atoms with van der Waals surface area (Å²) in [6, 6.07) is 27.8. The van der Waals surface area contributed by atoms with Gasteiger partial charge in [0.25, 0.3) is 0 Å². The molecule has 1 amide bonds. The molecular weight excluding hydrogens is 791 g/mol. The Morgan fingerprint density at radius 3 is 2.12 bits per heavy atom. The third kappa shape index (κ3) is 9.17. The number of sulfonamides is 2. The fourth-order valence-corrected chi connectivity index (χ4v) is 11.3. The predicted octanol–water partition coefficient (Wildman–Crippen LogP) is 7.39. The Labute approximate surface area is 346 Å². The maximum Gasteiger partial charge on any atom is 0.341 e. The highest BCUT2D eigenvalue weighted by Crippen LogP contribution is 2.50. The Hall–Kier alpha value is -4.86. The van der Waals surface area contributed by atoms with Crippen LogP contribution < -0.4 is 10.1 Å². The number of hydrogen-bond donors (Lipinski definition) is 2. The predicted molar refractivity (Wildman–Crippen MR) is 225 cm³/mol. The molecule has 3 aliphatic heterocycles. The second-order valence-corrected chi connectivity index (χ2v) is 19.5. The lowest BCUT2D eigenvalue weighted by atomic mass is 9.74. The summed E-state index contributed by atoms with van der Waals surface area (Å²) in [6.07, 6.45) is 3.10. The van der Waals surface area contributed by atoms with Gasteiger partial charge in [-0.25, -0.2) is 21.6 Å². The number of unbranched alkanes of at least 4 members (excludes halogenated alkanes) is 1. The number of carboxylic acid groups (broad SMARTS) is 1. The van der Waals surface area contributed by atoms with Gasteiger partial charge in [-0.05, 0) is 84.8 Å². The highest BCUT2D eigenvalue weighted by Gasteiger charge is 2.42. The molecule has 0 radical (unpaired) electrons. The Bertz CT molecular complexity index is 2410. The van der Waals surface area contributed by atoms with Crippen LogP contribution in [-0.2, 0) is 40.8 Å². The molecule has 3 heterocycles. The molecule has 0 aromatic heterocycles. The van der Waals surface area contributed by atoms with Crippen LogP contribution in [0.2, 0.25) is 0 Å². The number of aryl methyl sites for hydroxylation is 1. The minimum absolute atomic E-state index is 0.0226. The van der Waals surface area contributed by atoms with Gasteiger partial charge in [0, 0.05) is 55.7 Å². The van der Waals surface area contributed by atoms with E-state index in [0.29, 0.717) is 24.1 Å². The molecule has 59 heavy (non-hydrogen) atoms. The minimum atomic E-state index is -4.15. The summed E-state index contributed by atoms with van der Waals surface area (Å²) in [7, 11) is -8.09. The number of aliphatic carboxylic acids is 1. The maximum absolute atomic E-state index is 14.3. The van der Waals surface area contributed by atoms with Crippen molar-refractivity contribution in [3.05, 3.63) is 120 Å². The molecule has 3 aliphatic rings. The summed E-state index contributed by atoms with van der Waals surface area (Å²) in [5.74, 6) is -1.32. The lowest BCUT2D eigenvalue weighted by Crippen LogP contribution is -2.50. The van der Waals surface area contributed by atoms with E-state index in [4.69, 9.17) is 9.47 Å². The largest absolute Gasteiger partial charge is 0.482 e. The van der Waals surface area contributed by atoms with Crippen LogP contribution >= 0.6 is 0 Å². The van der Waals surface area contributed by atoms with Crippen LogP contribution in [0.1, 0.15) is 74.7 Å². The average Bonchev–Trinajstić information content (AvgIpc) is 3.24. The van der Waals surface area contributed by atoms with Crippen molar-refractivity contribution < 1.29 is 41.0 Å². The van der Waals surface area contributed by atoms with Gasteiger partial charge in [0.1, 0.15) is 5.75 Å². The topological polar surface area (TPSA) is 160 Å². The number of carbonyl (C=O) groups is 2. The van der Waals surface area contributed by atoms with Gasteiger partial charge in [-0.1, -0.05) is 86.5 Å². The van der Waals surface area contributed by atoms with E-state index in [-0.39, 0.29) is 72.0 Å². The number of piperazine rings is 1. The van der Waals surface area contributed by atoms with Crippen LogP contribution in [0.15, 0.2) is 113 Å². The van der Waals surface area contributed by atoms with E-state index in [1.54, 1.807) is 12.1 Å². The van der Waals surface area contributed by atoms with Crippen LogP contribution in [-0.4, -0.2) is 81.3 Å². The number of rotatable bonds is 14. The first-order valence-corrected chi connectivity index (χ1v) is 23.0. The second kappa shape index (κ2) is 17.8. The summed E-state index contributed by atoms with van der Waals surface area (Å²) in [5, 5.41) is 12.3. The van der Waals surface area contributed by atoms with Gasteiger partial charge in [-0.15, -0.1) is 0 Å². The first-order valence-electron chi connectivity index (χ1n) is 20.1. The van der Waals surface area contributed by atoms with Crippen LogP contribution in [0.25, 0.3) is 11.1 Å². The molecule has 4 aromatic rings. The smallest absolute Gasteiger partial charge is 0.341 e. The van der Waals surface area contributed by atoms with Crippen LogP contribution in [0.5, 0.6) is 5.75 Å². The van der Waals surface area contributed by atoms with Gasteiger partial charge >= 0.3 is 5.97 Å². The molecular formula is C45H51N3O9S2. The number of benzene rings is 4. The molecule has 4 aromatic carbocycles. The van der Waals surface area contributed by atoms with E-state index in [1.807, 2.05) is 25.1 Å². The Balaban J connectivity index is 1.15. The number of carboxylic acids is 1. The number of carbonyl (C=O) groups excluding carboxylic acids is 1. The van der Waals surface area contributed by atoms with Gasteiger partial charge in [-0.2, -0.15) is 8.61 Å². The molecule has 2 fully saturated rings. The standard InChI is InChI=1S/C45H51N3O9S2/c1-4-5-11-42-38(33-14-12-32(13-15-33)31-9-7-6-8-10-31)28-37(30(2)3)45(57-42)39-27-36(18-20-41(39)56-29-44(50)51)59(54,55)48-24-22-47(23-25-48)58(52,53)35-17-19-40-34(26-35)16-21-43(49)46-40/h6-10,12-15,17-20,26-27,37-38,42,45H,2,4-5,11,16,21-25,28-29H2,1,3H3,(H,46,49)(H,50,51)/t37-,38-,42+,45+/m0/s1. The minimum Gasteiger partial charge on any atom is -0.482 e. The zero-order valence-electron chi connectivity index (χ0n) is 33.4. The summed E-state index contributed by atoms with van der Waals surface area (Å²) >= 11 is 0. The van der Waals surface area contributed by atoms with Crippen molar-refractivity contribution in [2.24, 2.45) is 5.92 Å². The highest BCUT2D eigenvalue weighted by molar-refractivity contribution is 7.89. The van der Waals surface area contributed by atoms with Crippen LogP contribution in [0.4, 0.5) is 5.69 Å². The molecule has 2 saturated heterocycles. The van der Waals surface area contributed by atoms with E-state index in [0.717, 1.165) is 47.1 Å². The molecule has 0 bridgehead atoms. The number of hydrogen-bond acceptors (Lipinski definition) is 8. The first-order chi connectivity index (χ1) is 28.3. The lowest BCUT2D eigenvalue weighted by Gasteiger charge is -2.43. The van der Waals surface area contributed by atoms with E-state index in [1.165, 1.54) is 32.9 Å². The van der Waals surface area contributed by atoms with Crippen molar-refractivity contribution in [2.45, 2.75) is 80.3 Å². The fraction of sp³-hybridized carbons (Fsp3) is 0.378. The van der Waals surface area contributed by atoms with Gasteiger partial charge in [0.05, 0.1) is 22.0 Å². The molecule has 12 nitrogen and oxygen atoms in total. The molecule has 14 heteroatoms. The van der Waals surface area contributed by atoms with E-state index in [9.17, 15) is 31.5 Å². The number of nitrogens with zero attached hydrogens (tertiary/aromatic N) is 2. The lowest BCUT2D eigenvalue weighted by molar-refractivity contribution is -0.139. The molecule has 0 saturated carbocycles. The van der Waals surface area contributed by atoms with Crippen molar-refractivity contribution in [3.63, 3.8) is 0 Å². The van der Waals surface area contributed by atoms with Crippen molar-refractivity contribution in [2.75, 3.05) is 38.1 Å². The highest BCUT2D eigenvalue weighted by atomic mass is 32.2. The zero-order valence-corrected chi connectivity index (χ0v) is 35.0. The Morgan fingerprint density at radius 2 is 1.49 bits per heavy atom. The molecule has 2 N–H and O–H groups in total. The third-order valence-electron chi connectivity index (χ3n) is 11.6. The molecule has 4 atom stereocenters. The van der Waals surface area contributed by atoms with Crippen molar-refractivity contribution >= 4 is 37.6 Å². The number of anilines is 1. The number of nitrogens with one attached hydrogen (secondary N) is 1. The summed E-state index contributed by atoms with van der Waals surface area (Å²) in [6.45, 7) is 7.49. The quantitative estimate of drug-likeness (QED) is 0.124. The number of amides is 1. The summed E-state index contributed by atoms with van der Waals surface area (Å²) < 4.78 is 71.4. The first kappa shape index (κ1) is 42.3. The number of ether oxygens (including phenoxy) is 2. The Kier molecular flexibility index (Phi) is 12.7. The zero-order chi connectivity index (χ0) is 41.9. The SMILES string of the molecule is C=C(C)[C@@H]1C[C@@H](c2ccc(-c3ccccc3)cc2)[C@@H](CCCC)O[C@H]1c1cc(S(=O)(=O)N2CCN(S(=O)(=O)c3ccc4c(c3)CCC(=O)N4)CC2)ccc1OCC(=O)O. The van der Waals surface area contributed by atoms with E-state index in [2.05, 4.69) is 55.2 Å². The van der Waals surface area contributed by atoms with Crippen molar-refractivity contribution in [3.8, 4) is 16.9 Å². The molecule has 7 rings (SSSR count). The molecule has 0 unspecified atom stereocenters. The normalized spacial score (nSPS) is 21.6. The monoisotopic (exact) mass is 841 g/mol. The van der Waals surface area contributed by atoms with Crippen molar-refractivity contribution in [1.29, 1.82) is 0 Å². The summed E-state index contributed by atoms with van der Waals surface area (Å²) in [5.41, 5.74) is 5.96. The molecule has 0 spiro atoms. The van der Waals surface area contributed by atoms with Gasteiger partial charge in [0.15, 0.2) is 6.61 Å². The number of fused-ring (bicyclic) bond motifs is 1. The fourth-order valence-electron chi connectivity index (χ4n) is 8.40. The third-order valence-corrected chi connectivity index (χ3v) is 15.4.